The number of carbonyl (C=O) groups excluding carboxylic acids is 2. The quantitative estimate of drug-likeness (QED) is 0.793. The molecule has 0 spiro atoms. The van der Waals surface area contributed by atoms with Crippen LogP contribution >= 0.6 is 0 Å². The van der Waals surface area contributed by atoms with E-state index in [1.807, 2.05) is 13.8 Å². The molecule has 0 saturated heterocycles. The fourth-order valence-corrected chi connectivity index (χ4v) is 3.03. The Morgan fingerprint density at radius 2 is 1.75 bits per heavy atom. The minimum absolute atomic E-state index is 0.155. The van der Waals surface area contributed by atoms with Crippen molar-refractivity contribution in [2.45, 2.75) is 26.7 Å². The van der Waals surface area contributed by atoms with Gasteiger partial charge in [-0.2, -0.15) is 0 Å². The zero-order chi connectivity index (χ0) is 19.9. The molecule has 0 radical (unpaired) electrons. The zero-order valence-electron chi connectivity index (χ0n) is 16.2. The van der Waals surface area contributed by atoms with Gasteiger partial charge in [0.2, 0.25) is 0 Å². The van der Waals surface area contributed by atoms with Crippen molar-refractivity contribution in [3.05, 3.63) is 47.8 Å². The van der Waals surface area contributed by atoms with E-state index in [2.05, 4.69) is 10.3 Å². The monoisotopic (exact) mass is 383 g/mol. The number of hydrogen-bond donors (Lipinski definition) is 1. The van der Waals surface area contributed by atoms with Crippen molar-refractivity contribution in [2.24, 2.45) is 0 Å². The number of amides is 2. The summed E-state index contributed by atoms with van der Waals surface area (Å²) in [6.45, 7) is 6.39. The summed E-state index contributed by atoms with van der Waals surface area (Å²) in [5.74, 6) is 0.792. The van der Waals surface area contributed by atoms with E-state index < -0.39 is 0 Å². The molecule has 1 aliphatic rings. The second kappa shape index (κ2) is 9.21. The Morgan fingerprint density at radius 1 is 1.04 bits per heavy atom. The largest absolute Gasteiger partial charge is 0.486 e. The van der Waals surface area contributed by atoms with Gasteiger partial charge < -0.3 is 19.7 Å². The van der Waals surface area contributed by atoms with Crippen molar-refractivity contribution in [2.75, 3.05) is 31.6 Å². The molecule has 3 rings (SSSR count). The van der Waals surface area contributed by atoms with Crippen LogP contribution < -0.4 is 14.8 Å². The maximum Gasteiger partial charge on any atom is 0.272 e. The van der Waals surface area contributed by atoms with Gasteiger partial charge in [-0.3, -0.25) is 14.6 Å². The molecular weight excluding hydrogens is 358 g/mol. The lowest BCUT2D eigenvalue weighted by Crippen LogP contribution is -2.33. The summed E-state index contributed by atoms with van der Waals surface area (Å²) >= 11 is 0. The Bertz CT molecular complexity index is 847. The van der Waals surface area contributed by atoms with Crippen LogP contribution in [0.2, 0.25) is 0 Å². The molecule has 0 bridgehead atoms. The minimum Gasteiger partial charge on any atom is -0.486 e. The van der Waals surface area contributed by atoms with Crippen molar-refractivity contribution in [1.29, 1.82) is 0 Å². The summed E-state index contributed by atoms with van der Waals surface area (Å²) in [6.07, 6.45) is 3.23. The van der Waals surface area contributed by atoms with Gasteiger partial charge in [0, 0.05) is 36.6 Å². The van der Waals surface area contributed by atoms with Gasteiger partial charge in [0.1, 0.15) is 18.9 Å². The number of nitrogens with zero attached hydrogens (tertiary/aromatic N) is 2. The lowest BCUT2D eigenvalue weighted by Gasteiger charge is -2.21. The normalized spacial score (nSPS) is 12.4. The third-order valence-corrected chi connectivity index (χ3v) is 4.32. The average molecular weight is 383 g/mol. The number of ether oxygens (including phenoxy) is 2. The molecule has 1 aromatic carbocycles. The Morgan fingerprint density at radius 3 is 2.46 bits per heavy atom. The molecule has 2 amide bonds. The van der Waals surface area contributed by atoms with Crippen LogP contribution in [0, 0.1) is 0 Å². The molecule has 28 heavy (non-hydrogen) atoms. The molecule has 0 fully saturated rings. The lowest BCUT2D eigenvalue weighted by atomic mass is 10.2. The van der Waals surface area contributed by atoms with Gasteiger partial charge >= 0.3 is 0 Å². The molecule has 0 atom stereocenters. The molecule has 148 valence electrons. The maximum absolute atomic E-state index is 12.7. The van der Waals surface area contributed by atoms with Gasteiger partial charge in [0.25, 0.3) is 11.8 Å². The van der Waals surface area contributed by atoms with Crippen molar-refractivity contribution in [3.8, 4) is 11.5 Å². The first-order valence-corrected chi connectivity index (χ1v) is 9.58. The molecular formula is C21H25N3O4. The van der Waals surface area contributed by atoms with Gasteiger partial charge in [0.15, 0.2) is 11.5 Å². The summed E-state index contributed by atoms with van der Waals surface area (Å²) in [4.78, 5) is 31.3. The summed E-state index contributed by atoms with van der Waals surface area (Å²) in [7, 11) is 0. The van der Waals surface area contributed by atoms with Crippen LogP contribution in [0.15, 0.2) is 36.5 Å². The van der Waals surface area contributed by atoms with Crippen LogP contribution in [0.25, 0.3) is 0 Å². The Labute approximate surface area is 164 Å². The van der Waals surface area contributed by atoms with Gasteiger partial charge in [0.05, 0.1) is 0 Å². The third kappa shape index (κ3) is 4.60. The first kappa shape index (κ1) is 19.7. The summed E-state index contributed by atoms with van der Waals surface area (Å²) in [5.41, 5.74) is 1.25. The third-order valence-electron chi connectivity index (χ3n) is 4.32. The van der Waals surface area contributed by atoms with E-state index in [9.17, 15) is 9.59 Å². The van der Waals surface area contributed by atoms with E-state index >= 15 is 0 Å². The standard InChI is InChI=1S/C21H25N3O4/c1-3-9-24(10-4-2)21(26)17-13-15(7-8-22-17)20(25)23-16-5-6-18-19(14-16)28-12-11-27-18/h5-8,13-14H,3-4,9-12H2,1-2H3,(H,23,25). The zero-order valence-corrected chi connectivity index (χ0v) is 16.2. The topological polar surface area (TPSA) is 80.8 Å². The summed E-state index contributed by atoms with van der Waals surface area (Å²) in [6, 6.07) is 8.37. The van der Waals surface area contributed by atoms with E-state index in [1.165, 1.54) is 12.3 Å². The number of hydrogen-bond acceptors (Lipinski definition) is 5. The van der Waals surface area contributed by atoms with Crippen molar-refractivity contribution >= 4 is 17.5 Å². The number of rotatable bonds is 7. The smallest absolute Gasteiger partial charge is 0.272 e. The van der Waals surface area contributed by atoms with E-state index in [4.69, 9.17) is 9.47 Å². The van der Waals surface area contributed by atoms with Gasteiger partial charge in [-0.1, -0.05) is 13.8 Å². The minimum atomic E-state index is -0.314. The predicted molar refractivity (Wildman–Crippen MR) is 106 cm³/mol. The van der Waals surface area contributed by atoms with Crippen LogP contribution in [-0.2, 0) is 0 Å². The van der Waals surface area contributed by atoms with E-state index in [0.717, 1.165) is 12.8 Å². The van der Waals surface area contributed by atoms with Gasteiger partial charge in [-0.25, -0.2) is 0 Å². The first-order chi connectivity index (χ1) is 13.6. The van der Waals surface area contributed by atoms with E-state index in [0.29, 0.717) is 49.1 Å². The number of aromatic nitrogens is 1. The number of carbonyl (C=O) groups is 2. The Hall–Kier alpha value is -3.09. The molecule has 1 aliphatic heterocycles. The number of pyridine rings is 1. The van der Waals surface area contributed by atoms with Gasteiger partial charge in [-0.15, -0.1) is 0 Å². The van der Waals surface area contributed by atoms with Crippen molar-refractivity contribution < 1.29 is 19.1 Å². The molecule has 7 nitrogen and oxygen atoms in total. The van der Waals surface area contributed by atoms with Crippen LogP contribution in [0.1, 0.15) is 47.5 Å². The van der Waals surface area contributed by atoms with E-state index in [1.54, 1.807) is 29.2 Å². The highest BCUT2D eigenvalue weighted by Crippen LogP contribution is 2.32. The highest BCUT2D eigenvalue weighted by atomic mass is 16.6. The van der Waals surface area contributed by atoms with Gasteiger partial charge in [-0.05, 0) is 37.1 Å². The summed E-state index contributed by atoms with van der Waals surface area (Å²) in [5, 5.41) is 2.83. The maximum atomic E-state index is 12.7. The van der Waals surface area contributed by atoms with E-state index in [-0.39, 0.29) is 17.5 Å². The molecule has 1 aromatic heterocycles. The molecule has 2 aromatic rings. The van der Waals surface area contributed by atoms with Crippen molar-refractivity contribution in [3.63, 3.8) is 0 Å². The number of benzene rings is 1. The fraction of sp³-hybridized carbons (Fsp3) is 0.381. The van der Waals surface area contributed by atoms with Crippen LogP contribution in [-0.4, -0.2) is 48.0 Å². The second-order valence-electron chi connectivity index (χ2n) is 6.53. The van der Waals surface area contributed by atoms with Crippen LogP contribution in [0.5, 0.6) is 11.5 Å². The fourth-order valence-electron chi connectivity index (χ4n) is 3.03. The number of nitrogens with one attached hydrogen (secondary N) is 1. The molecule has 2 heterocycles. The summed E-state index contributed by atoms with van der Waals surface area (Å²) < 4.78 is 11.0. The molecule has 7 heteroatoms. The second-order valence-corrected chi connectivity index (χ2v) is 6.53. The number of fused-ring (bicyclic) bond motifs is 1. The average Bonchev–Trinajstić information content (AvgIpc) is 2.73. The SMILES string of the molecule is CCCN(CCC)C(=O)c1cc(C(=O)Nc2ccc3c(c2)OCCO3)ccn1. The molecule has 0 unspecified atom stereocenters. The first-order valence-electron chi connectivity index (χ1n) is 9.58. The van der Waals surface area contributed by atoms with Crippen LogP contribution in [0.4, 0.5) is 5.69 Å². The Balaban J connectivity index is 1.74. The molecule has 0 saturated carbocycles. The molecule has 0 aliphatic carbocycles. The predicted octanol–water partition coefficient (Wildman–Crippen LogP) is 3.37. The highest BCUT2D eigenvalue weighted by Gasteiger charge is 2.18. The Kier molecular flexibility index (Phi) is 6.47. The highest BCUT2D eigenvalue weighted by molar-refractivity contribution is 6.05. The van der Waals surface area contributed by atoms with Crippen LogP contribution in [0.3, 0.4) is 0 Å². The molecule has 1 N–H and O–H groups in total. The van der Waals surface area contributed by atoms with Crippen molar-refractivity contribution in [1.82, 2.24) is 9.88 Å². The lowest BCUT2D eigenvalue weighted by molar-refractivity contribution is 0.0749. The number of anilines is 1.